The summed E-state index contributed by atoms with van der Waals surface area (Å²) in [6.07, 6.45) is -4.37. The number of nitrogens with zero attached hydrogens (tertiary/aromatic N) is 3. The van der Waals surface area contributed by atoms with Crippen LogP contribution < -0.4 is 27.4 Å². The van der Waals surface area contributed by atoms with Gasteiger partial charge in [-0.2, -0.15) is 17.5 Å². The lowest BCUT2D eigenvalue weighted by molar-refractivity contribution is -0.137. The normalized spacial score (nSPS) is 15.3. The summed E-state index contributed by atoms with van der Waals surface area (Å²) < 4.78 is 67.7. The number of carbonyl (C=O) groups excluding carboxylic acids is 2. The molecule has 4 rings (SSSR count). The Morgan fingerprint density at radius 2 is 1.70 bits per heavy atom. The second kappa shape index (κ2) is 12.9. The van der Waals surface area contributed by atoms with Gasteiger partial charge in [-0.15, -0.1) is 0 Å². The summed E-state index contributed by atoms with van der Waals surface area (Å²) in [6, 6.07) is 11.0. The van der Waals surface area contributed by atoms with Crippen molar-refractivity contribution in [3.63, 3.8) is 0 Å². The highest BCUT2D eigenvalue weighted by molar-refractivity contribution is 7.89. The lowest BCUT2D eigenvalue weighted by atomic mass is 9.97. The third-order valence-electron chi connectivity index (χ3n) is 6.85. The highest BCUT2D eigenvalue weighted by atomic mass is 35.5. The van der Waals surface area contributed by atoms with Gasteiger partial charge in [0, 0.05) is 43.0 Å². The van der Waals surface area contributed by atoms with Crippen LogP contribution in [0.5, 0.6) is 0 Å². The van der Waals surface area contributed by atoms with E-state index >= 15 is 0 Å². The third kappa shape index (κ3) is 7.25. The smallest absolute Gasteiger partial charge is 0.366 e. The highest BCUT2D eigenvalue weighted by Crippen LogP contribution is 2.35. The molecular formula is C27H29ClF3N7O4S. The summed E-state index contributed by atoms with van der Waals surface area (Å²) in [5.41, 5.74) is 17.0. The lowest BCUT2D eigenvalue weighted by Crippen LogP contribution is -2.49. The van der Waals surface area contributed by atoms with E-state index in [4.69, 9.17) is 28.8 Å². The number of primary amides is 1. The van der Waals surface area contributed by atoms with Crippen LogP contribution in [-0.2, 0) is 21.0 Å². The van der Waals surface area contributed by atoms with Gasteiger partial charge in [-0.3, -0.25) is 9.59 Å². The van der Waals surface area contributed by atoms with Crippen LogP contribution in [0.1, 0.15) is 22.3 Å². The van der Waals surface area contributed by atoms with Crippen molar-refractivity contribution in [1.29, 1.82) is 0 Å². The zero-order valence-corrected chi connectivity index (χ0v) is 24.2. The zero-order valence-electron chi connectivity index (χ0n) is 22.6. The third-order valence-corrected chi connectivity index (χ3v) is 8.96. The number of hydrogen-bond acceptors (Lipinski definition) is 8. The molecule has 0 radical (unpaired) electrons. The van der Waals surface area contributed by atoms with Crippen molar-refractivity contribution in [2.75, 3.05) is 42.9 Å². The van der Waals surface area contributed by atoms with Crippen LogP contribution in [-0.4, -0.2) is 68.3 Å². The van der Waals surface area contributed by atoms with Gasteiger partial charge in [0.15, 0.2) is 0 Å². The Labute approximate surface area is 250 Å². The van der Waals surface area contributed by atoms with E-state index in [9.17, 15) is 31.2 Å². The predicted molar refractivity (Wildman–Crippen MR) is 156 cm³/mol. The van der Waals surface area contributed by atoms with E-state index in [1.807, 2.05) is 0 Å². The topological polar surface area (TPSA) is 178 Å². The average molecular weight is 640 g/mol. The number of hydrogen-bond donors (Lipinski definition) is 4. The lowest BCUT2D eigenvalue weighted by Gasteiger charge is -2.35. The number of sulfonamides is 1. The maximum Gasteiger partial charge on any atom is 0.416 e. The molecule has 16 heteroatoms. The molecule has 0 bridgehead atoms. The highest BCUT2D eigenvalue weighted by Gasteiger charge is 2.34. The molecule has 11 nitrogen and oxygen atoms in total. The van der Waals surface area contributed by atoms with Crippen molar-refractivity contribution in [3.8, 4) is 11.1 Å². The van der Waals surface area contributed by atoms with Crippen molar-refractivity contribution in [3.05, 3.63) is 70.9 Å². The summed E-state index contributed by atoms with van der Waals surface area (Å²) in [4.78, 5) is 30.2. The minimum Gasteiger partial charge on any atom is -0.366 e. The molecule has 1 aliphatic heterocycles. The molecule has 0 saturated carbocycles. The fourth-order valence-electron chi connectivity index (χ4n) is 4.62. The molecule has 7 N–H and O–H groups in total. The number of nitrogens with one attached hydrogen (secondary N) is 1. The van der Waals surface area contributed by atoms with E-state index in [2.05, 4.69) is 10.3 Å². The number of aromatic nitrogens is 1. The van der Waals surface area contributed by atoms with Crippen LogP contribution in [0.15, 0.2) is 59.5 Å². The Balaban J connectivity index is 1.55. The van der Waals surface area contributed by atoms with E-state index in [0.29, 0.717) is 5.56 Å². The van der Waals surface area contributed by atoms with Crippen molar-refractivity contribution >= 4 is 44.9 Å². The molecule has 3 aromatic rings. The van der Waals surface area contributed by atoms with E-state index in [-0.39, 0.29) is 71.8 Å². The molecule has 1 aliphatic rings. The van der Waals surface area contributed by atoms with E-state index in [0.717, 1.165) is 12.1 Å². The molecule has 1 aromatic heterocycles. The van der Waals surface area contributed by atoms with E-state index < -0.39 is 39.6 Å². The van der Waals surface area contributed by atoms with Gasteiger partial charge in [0.1, 0.15) is 11.0 Å². The first kappa shape index (κ1) is 32.2. The zero-order chi connectivity index (χ0) is 31.5. The van der Waals surface area contributed by atoms with Gasteiger partial charge in [-0.05, 0) is 54.9 Å². The summed E-state index contributed by atoms with van der Waals surface area (Å²) in [7, 11) is -3.99. The van der Waals surface area contributed by atoms with Gasteiger partial charge < -0.3 is 27.4 Å². The van der Waals surface area contributed by atoms with Crippen LogP contribution in [0, 0.1) is 0 Å². The minimum atomic E-state index is -4.61. The predicted octanol–water partition coefficient (Wildman–Crippen LogP) is 2.65. The SMILES string of the molecule is NCCC(N)C(=O)Nc1cccc(C(N)=O)c1-c1ccc(S(=O)(=O)N2CCN(c3cc(C(F)(F)F)cc(Cl)n3)CC2)cc1. The second-order valence-electron chi connectivity index (χ2n) is 9.72. The Morgan fingerprint density at radius 3 is 2.28 bits per heavy atom. The van der Waals surface area contributed by atoms with Crippen LogP contribution >= 0.6 is 11.6 Å². The van der Waals surface area contributed by atoms with Crippen molar-refractivity contribution in [1.82, 2.24) is 9.29 Å². The number of benzene rings is 2. The number of alkyl halides is 3. The number of amides is 2. The molecule has 1 fully saturated rings. The minimum absolute atomic E-state index is 0.00113. The van der Waals surface area contributed by atoms with Crippen LogP contribution in [0.3, 0.4) is 0 Å². The second-order valence-corrected chi connectivity index (χ2v) is 12.0. The molecule has 0 aliphatic carbocycles. The first-order chi connectivity index (χ1) is 20.2. The number of nitrogens with two attached hydrogens (primary N) is 3. The number of rotatable bonds is 9. The molecular weight excluding hydrogens is 611 g/mol. The van der Waals surface area contributed by atoms with Crippen molar-refractivity contribution in [2.45, 2.75) is 23.5 Å². The Morgan fingerprint density at radius 1 is 1.05 bits per heavy atom. The standard InChI is InChI=1S/C27H29ClF3N7O4S/c28-22-14-17(27(29,30)31)15-23(36-22)37-10-12-38(13-11-37)43(41,42)18-6-4-16(5-7-18)24-19(25(34)39)2-1-3-21(24)35-26(40)20(33)8-9-32/h1-7,14-15,20H,8-13,32-33H2,(H2,34,39)(H,35,40). The summed E-state index contributed by atoms with van der Waals surface area (Å²) in [6.45, 7) is 0.351. The molecule has 2 amide bonds. The molecule has 1 saturated heterocycles. The number of carbonyl (C=O) groups is 2. The number of piperazine rings is 1. The molecule has 2 heterocycles. The molecule has 1 atom stereocenters. The van der Waals surface area contributed by atoms with Gasteiger partial charge in [-0.25, -0.2) is 13.4 Å². The molecule has 0 spiro atoms. The Hall–Kier alpha value is -3.76. The van der Waals surface area contributed by atoms with Crippen molar-refractivity contribution < 1.29 is 31.2 Å². The fourth-order valence-corrected chi connectivity index (χ4v) is 6.24. The Kier molecular flexibility index (Phi) is 9.61. The number of pyridine rings is 1. The first-order valence-electron chi connectivity index (χ1n) is 13.0. The Bertz CT molecular complexity index is 1610. The monoisotopic (exact) mass is 639 g/mol. The summed E-state index contributed by atoms with van der Waals surface area (Å²) >= 11 is 5.80. The van der Waals surface area contributed by atoms with Gasteiger partial charge in [0.05, 0.1) is 16.5 Å². The molecule has 230 valence electrons. The number of halogens is 4. The van der Waals surface area contributed by atoms with E-state index in [1.165, 1.54) is 45.6 Å². The van der Waals surface area contributed by atoms with Crippen LogP contribution in [0.4, 0.5) is 24.7 Å². The molecule has 43 heavy (non-hydrogen) atoms. The van der Waals surface area contributed by atoms with Crippen molar-refractivity contribution in [2.24, 2.45) is 17.2 Å². The average Bonchev–Trinajstić information content (AvgIpc) is 2.96. The van der Waals surface area contributed by atoms with Gasteiger partial charge in [0.25, 0.3) is 0 Å². The molecule has 2 aromatic carbocycles. The van der Waals surface area contributed by atoms with Crippen LogP contribution in [0.2, 0.25) is 5.15 Å². The van der Waals surface area contributed by atoms with E-state index in [1.54, 1.807) is 6.07 Å². The quantitative estimate of drug-likeness (QED) is 0.258. The maximum atomic E-state index is 13.4. The number of anilines is 2. The van der Waals surface area contributed by atoms with Crippen LogP contribution in [0.25, 0.3) is 11.1 Å². The summed E-state index contributed by atoms with van der Waals surface area (Å²) in [5.74, 6) is -1.28. The largest absolute Gasteiger partial charge is 0.416 e. The van der Waals surface area contributed by atoms with Gasteiger partial charge in [0.2, 0.25) is 21.8 Å². The van der Waals surface area contributed by atoms with Gasteiger partial charge >= 0.3 is 6.18 Å². The summed E-state index contributed by atoms with van der Waals surface area (Å²) in [5, 5.41) is 2.36. The first-order valence-corrected chi connectivity index (χ1v) is 14.8. The maximum absolute atomic E-state index is 13.4. The van der Waals surface area contributed by atoms with Gasteiger partial charge in [-0.1, -0.05) is 29.8 Å². The molecule has 1 unspecified atom stereocenters. The fraction of sp³-hybridized carbons (Fsp3) is 0.296.